The minimum atomic E-state index is -2.89. The maximum Gasteiger partial charge on any atom is 0.281 e. The summed E-state index contributed by atoms with van der Waals surface area (Å²) in [6.45, 7) is 0. The van der Waals surface area contributed by atoms with Crippen LogP contribution in [0, 0.1) is 5.82 Å². The molecule has 2 rings (SSSR count). The van der Waals surface area contributed by atoms with Crippen molar-refractivity contribution in [3.05, 3.63) is 40.0 Å². The van der Waals surface area contributed by atoms with Gasteiger partial charge in [0.05, 0.1) is 22.8 Å². The molecule has 0 radical (unpaired) electrons. The van der Waals surface area contributed by atoms with Gasteiger partial charge < -0.3 is 4.74 Å². The predicted octanol–water partition coefficient (Wildman–Crippen LogP) is 4.54. The highest BCUT2D eigenvalue weighted by Gasteiger charge is 2.21. The van der Waals surface area contributed by atoms with Gasteiger partial charge in [0, 0.05) is 5.56 Å². The molecule has 8 heteroatoms. The van der Waals surface area contributed by atoms with Gasteiger partial charge in [-0.1, -0.05) is 23.2 Å². The molecule has 0 unspecified atom stereocenters. The summed E-state index contributed by atoms with van der Waals surface area (Å²) in [6.07, 6.45) is -2.00. The minimum absolute atomic E-state index is 0.0491. The van der Waals surface area contributed by atoms with E-state index in [9.17, 15) is 13.2 Å². The van der Waals surface area contributed by atoms with Crippen LogP contribution in [-0.2, 0) is 0 Å². The Morgan fingerprint density at radius 1 is 1.20 bits per heavy atom. The standard InChI is InChI=1S/C12H7Cl2F3N2O/c1-20-8-2-5(7(15)3-6(8)13)10-9(14)11(12(16)17)19-4-18-10/h2-4,12H,1H3. The Bertz CT molecular complexity index is 653. The molecule has 0 aliphatic carbocycles. The van der Waals surface area contributed by atoms with Crippen LogP contribution in [-0.4, -0.2) is 17.1 Å². The van der Waals surface area contributed by atoms with E-state index >= 15 is 0 Å². The van der Waals surface area contributed by atoms with Crippen molar-refractivity contribution in [3.8, 4) is 17.0 Å². The average Bonchev–Trinajstić information content (AvgIpc) is 2.39. The summed E-state index contributed by atoms with van der Waals surface area (Å²) in [5, 5.41) is -0.362. The minimum Gasteiger partial charge on any atom is -0.495 e. The second kappa shape index (κ2) is 5.85. The lowest BCUT2D eigenvalue weighted by Crippen LogP contribution is -1.98. The molecule has 0 N–H and O–H groups in total. The van der Waals surface area contributed by atoms with E-state index < -0.39 is 23.0 Å². The number of alkyl halides is 2. The predicted molar refractivity (Wildman–Crippen MR) is 69.0 cm³/mol. The van der Waals surface area contributed by atoms with Crippen LogP contribution < -0.4 is 4.74 Å². The third-order valence-corrected chi connectivity index (χ3v) is 3.19. The zero-order valence-corrected chi connectivity index (χ0v) is 11.5. The largest absolute Gasteiger partial charge is 0.495 e. The summed E-state index contributed by atoms with van der Waals surface area (Å²) < 4.78 is 44.3. The van der Waals surface area contributed by atoms with Gasteiger partial charge in [0.15, 0.2) is 0 Å². The summed E-state index contributed by atoms with van der Waals surface area (Å²) in [6, 6.07) is 2.23. The van der Waals surface area contributed by atoms with Crippen LogP contribution in [0.4, 0.5) is 13.2 Å². The molecule has 1 aromatic heterocycles. The van der Waals surface area contributed by atoms with Crippen molar-refractivity contribution in [1.29, 1.82) is 0 Å². The molecule has 0 spiro atoms. The van der Waals surface area contributed by atoms with Crippen LogP contribution in [0.1, 0.15) is 12.1 Å². The van der Waals surface area contributed by atoms with Crippen LogP contribution in [0.2, 0.25) is 10.0 Å². The van der Waals surface area contributed by atoms with Gasteiger partial charge in [-0.3, -0.25) is 0 Å². The zero-order chi connectivity index (χ0) is 14.9. The molecule has 0 bridgehead atoms. The van der Waals surface area contributed by atoms with Crippen molar-refractivity contribution in [1.82, 2.24) is 9.97 Å². The lowest BCUT2D eigenvalue weighted by molar-refractivity contribution is 0.146. The lowest BCUT2D eigenvalue weighted by atomic mass is 10.1. The van der Waals surface area contributed by atoms with Gasteiger partial charge in [-0.25, -0.2) is 23.1 Å². The smallest absolute Gasteiger partial charge is 0.281 e. The third-order valence-electron chi connectivity index (χ3n) is 2.52. The first kappa shape index (κ1) is 14.9. The van der Waals surface area contributed by atoms with Gasteiger partial charge in [-0.05, 0) is 12.1 Å². The van der Waals surface area contributed by atoms with Crippen LogP contribution in [0.3, 0.4) is 0 Å². The third kappa shape index (κ3) is 2.66. The highest BCUT2D eigenvalue weighted by atomic mass is 35.5. The summed E-state index contributed by atoms with van der Waals surface area (Å²) >= 11 is 11.6. The van der Waals surface area contributed by atoms with E-state index in [0.29, 0.717) is 0 Å². The number of aromatic nitrogens is 2. The fourth-order valence-electron chi connectivity index (χ4n) is 1.59. The molecule has 0 saturated carbocycles. The first-order valence-electron chi connectivity index (χ1n) is 5.27. The topological polar surface area (TPSA) is 35.0 Å². The summed E-state index contributed by atoms with van der Waals surface area (Å²) in [4.78, 5) is 7.12. The van der Waals surface area contributed by atoms with Gasteiger partial charge in [0.1, 0.15) is 23.6 Å². The van der Waals surface area contributed by atoms with Crippen molar-refractivity contribution in [2.24, 2.45) is 0 Å². The van der Waals surface area contributed by atoms with Crippen LogP contribution in [0.25, 0.3) is 11.3 Å². The Balaban J connectivity index is 2.66. The number of halogens is 5. The van der Waals surface area contributed by atoms with Gasteiger partial charge >= 0.3 is 0 Å². The van der Waals surface area contributed by atoms with E-state index in [1.807, 2.05) is 0 Å². The molecule has 1 aromatic carbocycles. The molecule has 0 fully saturated rings. The molecular weight excluding hydrogens is 316 g/mol. The molecule has 20 heavy (non-hydrogen) atoms. The van der Waals surface area contributed by atoms with Crippen molar-refractivity contribution >= 4 is 23.2 Å². The van der Waals surface area contributed by atoms with E-state index in [0.717, 1.165) is 12.4 Å². The molecular formula is C12H7Cl2F3N2O. The molecule has 106 valence electrons. The second-order valence-electron chi connectivity index (χ2n) is 3.69. The van der Waals surface area contributed by atoms with E-state index in [1.165, 1.54) is 13.2 Å². The number of rotatable bonds is 3. The van der Waals surface area contributed by atoms with Crippen LogP contribution in [0.15, 0.2) is 18.5 Å². The number of ether oxygens (including phenoxy) is 1. The Morgan fingerprint density at radius 3 is 2.50 bits per heavy atom. The Kier molecular flexibility index (Phi) is 4.35. The van der Waals surface area contributed by atoms with Crippen LogP contribution >= 0.6 is 23.2 Å². The van der Waals surface area contributed by atoms with Gasteiger partial charge in [-0.15, -0.1) is 0 Å². The highest BCUT2D eigenvalue weighted by molar-refractivity contribution is 6.34. The van der Waals surface area contributed by atoms with Crippen molar-refractivity contribution in [2.75, 3.05) is 7.11 Å². The molecule has 0 saturated heterocycles. The molecule has 1 heterocycles. The summed E-state index contributed by atoms with van der Waals surface area (Å²) in [5.74, 6) is -0.576. The quantitative estimate of drug-likeness (QED) is 0.832. The van der Waals surface area contributed by atoms with Crippen molar-refractivity contribution < 1.29 is 17.9 Å². The van der Waals surface area contributed by atoms with Gasteiger partial charge in [0.2, 0.25) is 0 Å². The fourth-order valence-corrected chi connectivity index (χ4v) is 2.10. The Morgan fingerprint density at radius 2 is 1.90 bits per heavy atom. The highest BCUT2D eigenvalue weighted by Crippen LogP contribution is 2.37. The molecule has 0 amide bonds. The molecule has 0 aliphatic rings. The average molecular weight is 323 g/mol. The zero-order valence-electron chi connectivity index (χ0n) is 10.0. The number of methoxy groups -OCH3 is 1. The van der Waals surface area contributed by atoms with Crippen molar-refractivity contribution in [3.63, 3.8) is 0 Å². The summed E-state index contributed by atoms with van der Waals surface area (Å²) in [5.41, 5.74) is -0.907. The van der Waals surface area contributed by atoms with Gasteiger partial charge in [0.25, 0.3) is 6.43 Å². The Labute approximate surface area is 122 Å². The molecule has 2 aromatic rings. The van der Waals surface area contributed by atoms with E-state index in [4.69, 9.17) is 27.9 Å². The number of benzene rings is 1. The van der Waals surface area contributed by atoms with Crippen LogP contribution in [0.5, 0.6) is 5.75 Å². The maximum absolute atomic E-state index is 13.9. The van der Waals surface area contributed by atoms with E-state index in [1.54, 1.807) is 0 Å². The lowest BCUT2D eigenvalue weighted by Gasteiger charge is -2.10. The molecule has 0 aliphatic heterocycles. The number of nitrogens with zero attached hydrogens (tertiary/aromatic N) is 2. The molecule has 3 nitrogen and oxygen atoms in total. The molecule has 0 atom stereocenters. The number of hydrogen-bond acceptors (Lipinski definition) is 3. The fraction of sp³-hybridized carbons (Fsp3) is 0.167. The monoisotopic (exact) mass is 322 g/mol. The number of hydrogen-bond donors (Lipinski definition) is 0. The summed E-state index contributed by atoms with van der Waals surface area (Å²) in [7, 11) is 1.34. The maximum atomic E-state index is 13.9. The first-order chi connectivity index (χ1) is 9.45. The SMILES string of the molecule is COc1cc(-c2ncnc(C(F)F)c2Cl)c(F)cc1Cl. The van der Waals surface area contributed by atoms with Gasteiger partial charge in [-0.2, -0.15) is 0 Å². The Hall–Kier alpha value is -1.53. The van der Waals surface area contributed by atoms with Crippen molar-refractivity contribution in [2.45, 2.75) is 6.43 Å². The second-order valence-corrected chi connectivity index (χ2v) is 4.47. The van der Waals surface area contributed by atoms with E-state index in [-0.39, 0.29) is 22.0 Å². The normalized spacial score (nSPS) is 10.9. The first-order valence-corrected chi connectivity index (χ1v) is 6.03. The van der Waals surface area contributed by atoms with E-state index in [2.05, 4.69) is 9.97 Å².